The predicted molar refractivity (Wildman–Crippen MR) is 37.4 cm³/mol. The lowest BCUT2D eigenvalue weighted by molar-refractivity contribution is -0.396. The third-order valence-electron chi connectivity index (χ3n) is 1.92. The van der Waals surface area contributed by atoms with Crippen molar-refractivity contribution < 1.29 is 53.0 Å². The average molecular weight is 314 g/mol. The summed E-state index contributed by atoms with van der Waals surface area (Å²) in [6, 6.07) is 0. The van der Waals surface area contributed by atoms with Crippen molar-refractivity contribution in [2.24, 2.45) is 0 Å². The lowest BCUT2D eigenvalue weighted by Crippen LogP contribution is -2.61. The van der Waals surface area contributed by atoms with Crippen LogP contribution in [-0.4, -0.2) is 36.7 Å². The Morgan fingerprint density at radius 2 is 1.05 bits per heavy atom. The fraction of sp³-hybridized carbons (Fsp3) is 1.00. The second-order valence-electron chi connectivity index (χ2n) is 3.34. The van der Waals surface area contributed by atoms with Crippen LogP contribution in [0.25, 0.3) is 0 Å². The molecule has 0 saturated heterocycles. The van der Waals surface area contributed by atoms with Crippen molar-refractivity contribution in [2.75, 3.05) is 0 Å². The summed E-state index contributed by atoms with van der Waals surface area (Å²) < 4.78 is 135. The second kappa shape index (κ2) is 4.94. The molecule has 0 spiro atoms. The Morgan fingerprint density at radius 1 is 0.737 bits per heavy atom. The third kappa shape index (κ3) is 3.60. The SMILES string of the molecule is CC(OC(F)C(F)(C(F)(F)F)C(F)(F)F)C(F)(F)F. The molecular weight excluding hydrogens is 309 g/mol. The van der Waals surface area contributed by atoms with Crippen LogP contribution in [0.2, 0.25) is 0 Å². The van der Waals surface area contributed by atoms with Crippen LogP contribution in [0, 0.1) is 0 Å². The van der Waals surface area contributed by atoms with Crippen molar-refractivity contribution in [2.45, 2.75) is 43.6 Å². The zero-order valence-electron chi connectivity index (χ0n) is 8.72. The Labute approximate surface area is 97.9 Å². The summed E-state index contributed by atoms with van der Waals surface area (Å²) >= 11 is 0. The highest BCUT2D eigenvalue weighted by Crippen LogP contribution is 2.50. The van der Waals surface area contributed by atoms with Gasteiger partial charge in [0.15, 0.2) is 6.10 Å². The smallest absolute Gasteiger partial charge is 0.332 e. The molecule has 0 aromatic heterocycles. The van der Waals surface area contributed by atoms with Gasteiger partial charge in [0, 0.05) is 0 Å². The van der Waals surface area contributed by atoms with Crippen LogP contribution in [-0.2, 0) is 4.74 Å². The molecule has 0 N–H and O–H groups in total. The Bertz CT molecular complexity index is 286. The van der Waals surface area contributed by atoms with Gasteiger partial charge in [-0.3, -0.25) is 0 Å². The topological polar surface area (TPSA) is 9.23 Å². The van der Waals surface area contributed by atoms with Crippen LogP contribution in [0.1, 0.15) is 6.92 Å². The minimum absolute atomic E-state index is 0.0697. The van der Waals surface area contributed by atoms with Gasteiger partial charge in [0.1, 0.15) is 0 Å². The molecule has 2 unspecified atom stereocenters. The van der Waals surface area contributed by atoms with Crippen molar-refractivity contribution in [3.63, 3.8) is 0 Å². The predicted octanol–water partition coefficient (Wildman–Crippen LogP) is 4.08. The van der Waals surface area contributed by atoms with Crippen molar-refractivity contribution in [3.8, 4) is 0 Å². The van der Waals surface area contributed by atoms with Crippen molar-refractivity contribution in [3.05, 3.63) is 0 Å². The minimum atomic E-state index is -6.84. The first kappa shape index (κ1) is 18.2. The van der Waals surface area contributed by atoms with E-state index in [1.54, 1.807) is 0 Å². The molecule has 19 heavy (non-hydrogen) atoms. The van der Waals surface area contributed by atoms with E-state index in [1.165, 1.54) is 0 Å². The summed E-state index contributed by atoms with van der Waals surface area (Å²) in [6.45, 7) is -0.0697. The summed E-state index contributed by atoms with van der Waals surface area (Å²) in [5.74, 6) is 0. The summed E-state index contributed by atoms with van der Waals surface area (Å²) in [6.07, 6.45) is -27.4. The fourth-order valence-corrected chi connectivity index (χ4v) is 0.768. The first-order valence-corrected chi connectivity index (χ1v) is 4.23. The van der Waals surface area contributed by atoms with Gasteiger partial charge in [-0.2, -0.15) is 39.5 Å². The van der Waals surface area contributed by atoms with Gasteiger partial charge >= 0.3 is 24.2 Å². The van der Waals surface area contributed by atoms with E-state index in [9.17, 15) is 48.3 Å². The molecule has 2 atom stereocenters. The van der Waals surface area contributed by atoms with Crippen LogP contribution < -0.4 is 0 Å². The van der Waals surface area contributed by atoms with E-state index in [0.717, 1.165) is 0 Å². The van der Waals surface area contributed by atoms with Crippen LogP contribution in [0.4, 0.5) is 48.3 Å². The van der Waals surface area contributed by atoms with Crippen LogP contribution in [0.5, 0.6) is 0 Å². The van der Waals surface area contributed by atoms with Gasteiger partial charge in [-0.25, -0.2) is 8.78 Å². The summed E-state index contributed by atoms with van der Waals surface area (Å²) in [7, 11) is 0. The Kier molecular flexibility index (Phi) is 4.73. The standard InChI is InChI=1S/C7H5F11O/c1-2(5(10,11)12)19-3(8)4(9,6(13,14)15)7(16,17)18/h2-3H,1H3. The number of halogens is 11. The Hall–Kier alpha value is -0.810. The maximum atomic E-state index is 12.8. The molecule has 0 saturated carbocycles. The number of hydrogen-bond acceptors (Lipinski definition) is 1. The highest BCUT2D eigenvalue weighted by molar-refractivity contribution is 4.97. The Morgan fingerprint density at radius 3 is 1.26 bits per heavy atom. The normalized spacial score (nSPS) is 18.3. The van der Waals surface area contributed by atoms with Gasteiger partial charge in [0.05, 0.1) is 0 Å². The van der Waals surface area contributed by atoms with Crippen LogP contribution >= 0.6 is 0 Å². The van der Waals surface area contributed by atoms with Crippen LogP contribution in [0.3, 0.4) is 0 Å². The maximum Gasteiger partial charge on any atom is 0.437 e. The molecule has 0 rings (SSSR count). The third-order valence-corrected chi connectivity index (χ3v) is 1.92. The monoisotopic (exact) mass is 314 g/mol. The van der Waals surface area contributed by atoms with Crippen molar-refractivity contribution in [1.29, 1.82) is 0 Å². The number of ether oxygens (including phenoxy) is 1. The molecule has 0 aromatic carbocycles. The molecule has 0 amide bonds. The van der Waals surface area contributed by atoms with Gasteiger partial charge < -0.3 is 4.74 Å². The molecular formula is C7H5F11O. The van der Waals surface area contributed by atoms with Crippen molar-refractivity contribution >= 4 is 0 Å². The maximum absolute atomic E-state index is 12.8. The molecule has 0 fully saturated rings. The van der Waals surface area contributed by atoms with E-state index in [0.29, 0.717) is 0 Å². The molecule has 0 aliphatic heterocycles. The van der Waals surface area contributed by atoms with E-state index >= 15 is 0 Å². The van der Waals surface area contributed by atoms with E-state index < -0.39 is 36.7 Å². The van der Waals surface area contributed by atoms with Gasteiger partial charge in [-0.1, -0.05) is 0 Å². The molecule has 12 heteroatoms. The number of alkyl halides is 11. The highest BCUT2D eigenvalue weighted by atomic mass is 19.4. The van der Waals surface area contributed by atoms with Crippen LogP contribution in [0.15, 0.2) is 0 Å². The summed E-state index contributed by atoms with van der Waals surface area (Å²) in [5.41, 5.74) is -6.56. The molecule has 0 bridgehead atoms. The molecule has 0 aliphatic rings. The number of hydrogen-bond donors (Lipinski definition) is 0. The lowest BCUT2D eigenvalue weighted by atomic mass is 10.1. The summed E-state index contributed by atoms with van der Waals surface area (Å²) in [4.78, 5) is 0. The zero-order valence-corrected chi connectivity index (χ0v) is 8.72. The van der Waals surface area contributed by atoms with E-state index in [2.05, 4.69) is 4.74 Å². The van der Waals surface area contributed by atoms with Gasteiger partial charge in [-0.15, -0.1) is 0 Å². The molecule has 0 aromatic rings. The quantitative estimate of drug-likeness (QED) is 0.713. The molecule has 0 heterocycles. The van der Waals surface area contributed by atoms with E-state index in [4.69, 9.17) is 0 Å². The molecule has 116 valence electrons. The van der Waals surface area contributed by atoms with Gasteiger partial charge in [0.2, 0.25) is 0 Å². The first-order valence-electron chi connectivity index (χ1n) is 4.23. The number of rotatable bonds is 3. The largest absolute Gasteiger partial charge is 0.437 e. The van der Waals surface area contributed by atoms with Crippen molar-refractivity contribution in [1.82, 2.24) is 0 Å². The summed E-state index contributed by atoms with van der Waals surface area (Å²) in [5, 5.41) is 0. The van der Waals surface area contributed by atoms with Gasteiger partial charge in [-0.05, 0) is 6.92 Å². The van der Waals surface area contributed by atoms with Gasteiger partial charge in [0.25, 0.3) is 6.36 Å². The average Bonchev–Trinajstić information content (AvgIpc) is 2.10. The van der Waals surface area contributed by atoms with E-state index in [-0.39, 0.29) is 6.92 Å². The fourth-order valence-electron chi connectivity index (χ4n) is 0.768. The molecule has 1 nitrogen and oxygen atoms in total. The lowest BCUT2D eigenvalue weighted by Gasteiger charge is -2.33. The minimum Gasteiger partial charge on any atom is -0.332 e. The zero-order chi connectivity index (χ0) is 15.9. The Balaban J connectivity index is 5.35. The van der Waals surface area contributed by atoms with E-state index in [1.807, 2.05) is 0 Å². The molecule has 0 radical (unpaired) electrons. The first-order chi connectivity index (χ1) is 8.05. The highest BCUT2D eigenvalue weighted by Gasteiger charge is 2.78. The second-order valence-corrected chi connectivity index (χ2v) is 3.34. The molecule has 0 aliphatic carbocycles.